The van der Waals surface area contributed by atoms with Gasteiger partial charge in [-0.2, -0.15) is 23.5 Å². The summed E-state index contributed by atoms with van der Waals surface area (Å²) in [6.45, 7) is 2.17. The molecule has 2 aromatic carbocycles. The molecule has 0 fully saturated rings. The standard InChI is InChI=1S/C24H24F3N5O/c1-16(17-9-11-18(12-10-17)24(25,26)27)14-22(33)30-13-5-8-21-20(15-28)23(29)32(31-21)19-6-3-2-4-7-19/h2-4,6-7,9-12,16H,5,8,13-14,29H2,1H3,(H,30,33). The highest BCUT2D eigenvalue weighted by Crippen LogP contribution is 2.30. The maximum Gasteiger partial charge on any atom is 0.416 e. The zero-order valence-electron chi connectivity index (χ0n) is 18.1. The van der Waals surface area contributed by atoms with Crippen molar-refractivity contribution in [2.24, 2.45) is 0 Å². The van der Waals surface area contributed by atoms with E-state index in [9.17, 15) is 23.2 Å². The van der Waals surface area contributed by atoms with Crippen LogP contribution in [0.25, 0.3) is 5.69 Å². The second kappa shape index (κ2) is 10.2. The van der Waals surface area contributed by atoms with E-state index in [1.165, 1.54) is 16.8 Å². The van der Waals surface area contributed by atoms with Gasteiger partial charge in [0.2, 0.25) is 5.91 Å². The Kier molecular flexibility index (Phi) is 7.38. The van der Waals surface area contributed by atoms with Crippen molar-refractivity contribution in [3.05, 3.63) is 77.0 Å². The summed E-state index contributed by atoms with van der Waals surface area (Å²) >= 11 is 0. The number of para-hydroxylation sites is 1. The number of carbonyl (C=O) groups is 1. The first kappa shape index (κ1) is 23.9. The van der Waals surface area contributed by atoms with Gasteiger partial charge in [0.05, 0.1) is 16.9 Å². The summed E-state index contributed by atoms with van der Waals surface area (Å²) in [7, 11) is 0. The summed E-state index contributed by atoms with van der Waals surface area (Å²) in [4.78, 5) is 12.2. The van der Waals surface area contributed by atoms with Crippen molar-refractivity contribution < 1.29 is 18.0 Å². The van der Waals surface area contributed by atoms with Gasteiger partial charge in [0.15, 0.2) is 0 Å². The van der Waals surface area contributed by atoms with E-state index in [1.807, 2.05) is 30.3 Å². The maximum atomic E-state index is 12.7. The lowest BCUT2D eigenvalue weighted by atomic mass is 9.96. The number of anilines is 1. The highest BCUT2D eigenvalue weighted by atomic mass is 19.4. The van der Waals surface area contributed by atoms with Crippen LogP contribution >= 0.6 is 0 Å². The topological polar surface area (TPSA) is 96.7 Å². The zero-order chi connectivity index (χ0) is 24.0. The van der Waals surface area contributed by atoms with E-state index in [1.54, 1.807) is 6.92 Å². The number of nitrogens with zero attached hydrogens (tertiary/aromatic N) is 3. The summed E-state index contributed by atoms with van der Waals surface area (Å²) in [5.41, 5.74) is 7.68. The third kappa shape index (κ3) is 5.92. The fraction of sp³-hybridized carbons (Fsp3) is 0.292. The van der Waals surface area contributed by atoms with Crippen molar-refractivity contribution in [2.75, 3.05) is 12.3 Å². The quantitative estimate of drug-likeness (QED) is 0.486. The summed E-state index contributed by atoms with van der Waals surface area (Å²) in [5.74, 6) is -0.149. The molecule has 1 aromatic heterocycles. The molecule has 0 aliphatic rings. The molecular formula is C24H24F3N5O. The summed E-state index contributed by atoms with van der Waals surface area (Å²) in [6, 6.07) is 16.2. The molecule has 6 nitrogen and oxygen atoms in total. The Labute approximate surface area is 189 Å². The molecule has 3 aromatic rings. The molecule has 1 heterocycles. The average Bonchev–Trinajstić information content (AvgIpc) is 3.12. The number of amides is 1. The Bertz CT molecular complexity index is 1130. The normalized spacial score (nSPS) is 12.2. The van der Waals surface area contributed by atoms with E-state index in [0.29, 0.717) is 36.2 Å². The minimum absolute atomic E-state index is 0.157. The van der Waals surface area contributed by atoms with E-state index in [0.717, 1.165) is 17.8 Å². The number of hydrogen-bond donors (Lipinski definition) is 2. The van der Waals surface area contributed by atoms with Gasteiger partial charge < -0.3 is 11.1 Å². The number of hydrogen-bond acceptors (Lipinski definition) is 4. The first-order chi connectivity index (χ1) is 15.7. The van der Waals surface area contributed by atoms with Crippen molar-refractivity contribution in [3.63, 3.8) is 0 Å². The van der Waals surface area contributed by atoms with Crippen LogP contribution in [0.1, 0.15) is 48.1 Å². The molecular weight excluding hydrogens is 431 g/mol. The number of alkyl halides is 3. The number of nitrogens with two attached hydrogens (primary N) is 1. The maximum absolute atomic E-state index is 12.7. The van der Waals surface area contributed by atoms with E-state index < -0.39 is 11.7 Å². The van der Waals surface area contributed by atoms with Gasteiger partial charge in [0.25, 0.3) is 0 Å². The summed E-state index contributed by atoms with van der Waals surface area (Å²) < 4.78 is 39.6. The van der Waals surface area contributed by atoms with Gasteiger partial charge in [-0.15, -0.1) is 0 Å². The smallest absolute Gasteiger partial charge is 0.382 e. The Balaban J connectivity index is 1.51. The van der Waals surface area contributed by atoms with Crippen molar-refractivity contribution in [2.45, 2.75) is 38.3 Å². The minimum atomic E-state index is -4.38. The third-order valence-corrected chi connectivity index (χ3v) is 5.32. The number of carbonyl (C=O) groups excluding carboxylic acids is 1. The lowest BCUT2D eigenvalue weighted by molar-refractivity contribution is -0.137. The van der Waals surface area contributed by atoms with Crippen LogP contribution in [0.3, 0.4) is 0 Å². The van der Waals surface area contributed by atoms with Gasteiger partial charge in [-0.1, -0.05) is 37.3 Å². The second-order valence-electron chi connectivity index (χ2n) is 7.74. The molecule has 3 rings (SSSR count). The molecule has 9 heteroatoms. The van der Waals surface area contributed by atoms with Gasteiger partial charge in [0.1, 0.15) is 17.5 Å². The monoisotopic (exact) mass is 455 g/mol. The molecule has 0 saturated carbocycles. The number of halogens is 3. The fourth-order valence-electron chi connectivity index (χ4n) is 3.49. The van der Waals surface area contributed by atoms with Crippen LogP contribution in [0, 0.1) is 11.3 Å². The van der Waals surface area contributed by atoms with Gasteiger partial charge >= 0.3 is 6.18 Å². The Morgan fingerprint density at radius 1 is 1.18 bits per heavy atom. The average molecular weight is 455 g/mol. The fourth-order valence-corrected chi connectivity index (χ4v) is 3.49. The van der Waals surface area contributed by atoms with Gasteiger partial charge in [-0.3, -0.25) is 4.79 Å². The lowest BCUT2D eigenvalue weighted by Crippen LogP contribution is -2.26. The molecule has 0 spiro atoms. The van der Waals surface area contributed by atoms with E-state index >= 15 is 0 Å². The molecule has 0 saturated heterocycles. The van der Waals surface area contributed by atoms with Crippen molar-refractivity contribution in [1.29, 1.82) is 5.26 Å². The molecule has 33 heavy (non-hydrogen) atoms. The van der Waals surface area contributed by atoms with Crippen LogP contribution in [0.5, 0.6) is 0 Å². The number of rotatable bonds is 8. The predicted molar refractivity (Wildman–Crippen MR) is 118 cm³/mol. The number of aryl methyl sites for hydroxylation is 1. The first-order valence-electron chi connectivity index (χ1n) is 10.5. The van der Waals surface area contributed by atoms with Crippen LogP contribution in [-0.4, -0.2) is 22.2 Å². The number of nitriles is 1. The number of aromatic nitrogens is 2. The van der Waals surface area contributed by atoms with Gasteiger partial charge in [-0.25, -0.2) is 4.68 Å². The minimum Gasteiger partial charge on any atom is -0.382 e. The Hall–Kier alpha value is -3.80. The van der Waals surface area contributed by atoms with Gasteiger partial charge in [-0.05, 0) is 48.6 Å². The number of nitrogen functional groups attached to an aromatic ring is 1. The Morgan fingerprint density at radius 2 is 1.85 bits per heavy atom. The zero-order valence-corrected chi connectivity index (χ0v) is 18.1. The SMILES string of the molecule is CC(CC(=O)NCCCc1nn(-c2ccccc2)c(N)c1C#N)c1ccc(C(F)(F)F)cc1. The summed E-state index contributed by atoms with van der Waals surface area (Å²) in [6.07, 6.45) is -3.21. The van der Waals surface area contributed by atoms with Crippen molar-refractivity contribution in [3.8, 4) is 11.8 Å². The summed E-state index contributed by atoms with van der Waals surface area (Å²) in [5, 5.41) is 16.7. The highest BCUT2D eigenvalue weighted by Gasteiger charge is 2.30. The van der Waals surface area contributed by atoms with Crippen LogP contribution in [-0.2, 0) is 17.4 Å². The lowest BCUT2D eigenvalue weighted by Gasteiger charge is -2.13. The number of benzene rings is 2. The molecule has 1 atom stereocenters. The largest absolute Gasteiger partial charge is 0.416 e. The molecule has 172 valence electrons. The molecule has 0 bridgehead atoms. The molecule has 3 N–H and O–H groups in total. The first-order valence-corrected chi connectivity index (χ1v) is 10.5. The second-order valence-corrected chi connectivity index (χ2v) is 7.74. The van der Waals surface area contributed by atoms with E-state index in [-0.39, 0.29) is 24.1 Å². The van der Waals surface area contributed by atoms with Crippen molar-refractivity contribution >= 4 is 11.7 Å². The highest BCUT2D eigenvalue weighted by molar-refractivity contribution is 5.76. The number of nitrogens with one attached hydrogen (secondary N) is 1. The van der Waals surface area contributed by atoms with Crippen LogP contribution in [0.15, 0.2) is 54.6 Å². The third-order valence-electron chi connectivity index (χ3n) is 5.32. The molecule has 0 aliphatic heterocycles. The van der Waals surface area contributed by atoms with Crippen LogP contribution in [0.4, 0.5) is 19.0 Å². The molecule has 0 radical (unpaired) electrons. The van der Waals surface area contributed by atoms with Crippen LogP contribution < -0.4 is 11.1 Å². The molecule has 1 unspecified atom stereocenters. The molecule has 1 amide bonds. The molecule has 0 aliphatic carbocycles. The van der Waals surface area contributed by atoms with Gasteiger partial charge in [0, 0.05) is 13.0 Å². The van der Waals surface area contributed by atoms with E-state index in [2.05, 4.69) is 16.5 Å². The van der Waals surface area contributed by atoms with Crippen LogP contribution in [0.2, 0.25) is 0 Å². The predicted octanol–water partition coefficient (Wildman–Crippen LogP) is 4.59. The van der Waals surface area contributed by atoms with E-state index in [4.69, 9.17) is 5.73 Å². The Morgan fingerprint density at radius 3 is 2.45 bits per heavy atom. The van der Waals surface area contributed by atoms with Crippen molar-refractivity contribution in [1.82, 2.24) is 15.1 Å².